The molecule has 22 heavy (non-hydrogen) atoms. The van der Waals surface area contributed by atoms with Crippen LogP contribution in [-0.2, 0) is 14.3 Å². The molecule has 1 rings (SSSR count). The lowest BCUT2D eigenvalue weighted by atomic mass is 10.2. The molecular formula is C14H17F2NO5. The minimum Gasteiger partial charge on any atom is -0.481 e. The van der Waals surface area contributed by atoms with Crippen LogP contribution in [0.4, 0.5) is 8.78 Å². The fraction of sp³-hybridized carbons (Fsp3) is 0.429. The largest absolute Gasteiger partial charge is 0.481 e. The van der Waals surface area contributed by atoms with Gasteiger partial charge in [0.05, 0.1) is 0 Å². The van der Waals surface area contributed by atoms with E-state index in [1.165, 1.54) is 20.1 Å². The maximum absolute atomic E-state index is 13.0. The van der Waals surface area contributed by atoms with E-state index < -0.39 is 35.7 Å². The molecule has 0 saturated carbocycles. The quantitative estimate of drug-likeness (QED) is 0.756. The van der Waals surface area contributed by atoms with Crippen LogP contribution < -0.4 is 10.1 Å². The van der Waals surface area contributed by atoms with Crippen LogP contribution in [0.1, 0.15) is 13.3 Å². The normalized spacial score (nSPS) is 13.3. The van der Waals surface area contributed by atoms with Gasteiger partial charge < -0.3 is 19.9 Å². The number of halogens is 2. The molecule has 8 heteroatoms. The van der Waals surface area contributed by atoms with Gasteiger partial charge in [-0.25, -0.2) is 13.6 Å². The molecule has 1 aromatic rings. The molecule has 122 valence electrons. The number of hydrogen-bond acceptors (Lipinski definition) is 4. The Morgan fingerprint density at radius 1 is 1.32 bits per heavy atom. The number of ether oxygens (including phenoxy) is 2. The van der Waals surface area contributed by atoms with Crippen molar-refractivity contribution in [1.29, 1.82) is 0 Å². The summed E-state index contributed by atoms with van der Waals surface area (Å²) in [5.41, 5.74) is 0. The van der Waals surface area contributed by atoms with Crippen molar-refractivity contribution >= 4 is 11.9 Å². The number of carboxylic acid groups (broad SMARTS) is 1. The molecule has 0 fully saturated rings. The number of rotatable bonds is 8. The van der Waals surface area contributed by atoms with Crippen LogP contribution in [-0.4, -0.2) is 42.8 Å². The van der Waals surface area contributed by atoms with Crippen LogP contribution in [0.25, 0.3) is 0 Å². The van der Waals surface area contributed by atoms with Gasteiger partial charge >= 0.3 is 5.97 Å². The van der Waals surface area contributed by atoms with Crippen LogP contribution in [0.15, 0.2) is 18.2 Å². The Balaban J connectivity index is 2.63. The monoisotopic (exact) mass is 317 g/mol. The third kappa shape index (κ3) is 5.28. The van der Waals surface area contributed by atoms with E-state index >= 15 is 0 Å². The summed E-state index contributed by atoms with van der Waals surface area (Å²) >= 11 is 0. The predicted molar refractivity (Wildman–Crippen MR) is 72.5 cm³/mol. The average Bonchev–Trinajstić information content (AvgIpc) is 2.46. The topological polar surface area (TPSA) is 84.9 Å². The highest BCUT2D eigenvalue weighted by Gasteiger charge is 2.23. The molecular weight excluding hydrogens is 300 g/mol. The SMILES string of the molecule is COCCC(NC(=O)C(C)Oc1ccc(F)c(F)c1)C(=O)O. The molecule has 1 aromatic carbocycles. The van der Waals surface area contributed by atoms with Crippen LogP contribution in [0.2, 0.25) is 0 Å². The molecule has 0 radical (unpaired) electrons. The Morgan fingerprint density at radius 2 is 2.00 bits per heavy atom. The predicted octanol–water partition coefficient (Wildman–Crippen LogP) is 1.34. The average molecular weight is 317 g/mol. The van der Waals surface area contributed by atoms with Crippen LogP contribution in [0, 0.1) is 11.6 Å². The van der Waals surface area contributed by atoms with E-state index in [4.69, 9.17) is 14.6 Å². The number of nitrogens with one attached hydrogen (secondary N) is 1. The van der Waals surface area contributed by atoms with Gasteiger partial charge in [0.1, 0.15) is 11.8 Å². The van der Waals surface area contributed by atoms with Gasteiger partial charge in [-0.05, 0) is 19.1 Å². The van der Waals surface area contributed by atoms with Crippen molar-refractivity contribution in [3.8, 4) is 5.75 Å². The van der Waals surface area contributed by atoms with Gasteiger partial charge in [0.25, 0.3) is 5.91 Å². The first kappa shape index (κ1) is 17.8. The van der Waals surface area contributed by atoms with Crippen LogP contribution >= 0.6 is 0 Å². The molecule has 0 bridgehead atoms. The minimum absolute atomic E-state index is 0.0367. The third-order valence-corrected chi connectivity index (χ3v) is 2.80. The lowest BCUT2D eigenvalue weighted by Crippen LogP contribution is -2.46. The summed E-state index contributed by atoms with van der Waals surface area (Å²) in [7, 11) is 1.41. The van der Waals surface area contributed by atoms with Gasteiger partial charge in [-0.3, -0.25) is 4.79 Å². The standard InChI is InChI=1S/C14H17F2NO5/c1-8(22-9-3-4-10(15)11(16)7-9)13(18)17-12(14(19)20)5-6-21-2/h3-4,7-8,12H,5-6H2,1-2H3,(H,17,18)(H,19,20). The van der Waals surface area contributed by atoms with E-state index in [1.807, 2.05) is 0 Å². The van der Waals surface area contributed by atoms with E-state index in [0.717, 1.165) is 12.1 Å². The van der Waals surface area contributed by atoms with Gasteiger partial charge in [0, 0.05) is 26.2 Å². The molecule has 2 atom stereocenters. The van der Waals surface area contributed by atoms with Crippen molar-refractivity contribution in [3.05, 3.63) is 29.8 Å². The number of hydrogen-bond donors (Lipinski definition) is 2. The smallest absolute Gasteiger partial charge is 0.326 e. The van der Waals surface area contributed by atoms with Gasteiger partial charge in [-0.2, -0.15) is 0 Å². The fourth-order valence-corrected chi connectivity index (χ4v) is 1.59. The molecule has 0 aromatic heterocycles. The number of carbonyl (C=O) groups is 2. The van der Waals surface area contributed by atoms with Crippen LogP contribution in [0.3, 0.4) is 0 Å². The first-order valence-electron chi connectivity index (χ1n) is 6.49. The van der Waals surface area contributed by atoms with E-state index in [0.29, 0.717) is 0 Å². The number of amides is 1. The summed E-state index contributed by atoms with van der Waals surface area (Å²) in [5.74, 6) is -4.06. The summed E-state index contributed by atoms with van der Waals surface area (Å²) in [6.07, 6.45) is -0.982. The first-order valence-corrected chi connectivity index (χ1v) is 6.49. The lowest BCUT2D eigenvalue weighted by Gasteiger charge is -2.18. The number of aliphatic carboxylic acids is 1. The van der Waals surface area contributed by atoms with Gasteiger partial charge in [0.2, 0.25) is 0 Å². The van der Waals surface area contributed by atoms with Gasteiger partial charge in [-0.1, -0.05) is 0 Å². The van der Waals surface area contributed by atoms with Crippen molar-refractivity contribution in [2.45, 2.75) is 25.5 Å². The minimum atomic E-state index is -1.20. The molecule has 0 aliphatic rings. The van der Waals surface area contributed by atoms with E-state index in [-0.39, 0.29) is 18.8 Å². The summed E-state index contributed by atoms with van der Waals surface area (Å²) in [5, 5.41) is 11.3. The molecule has 6 nitrogen and oxygen atoms in total. The second-order valence-electron chi connectivity index (χ2n) is 4.52. The molecule has 0 aliphatic heterocycles. The molecule has 0 aliphatic carbocycles. The first-order chi connectivity index (χ1) is 10.3. The Kier molecular flexibility index (Phi) is 6.71. The third-order valence-electron chi connectivity index (χ3n) is 2.80. The second kappa shape index (κ2) is 8.28. The number of benzene rings is 1. The molecule has 0 heterocycles. The Bertz CT molecular complexity index is 538. The number of carboxylic acids is 1. The Morgan fingerprint density at radius 3 is 2.55 bits per heavy atom. The molecule has 0 spiro atoms. The molecule has 0 saturated heterocycles. The zero-order valence-corrected chi connectivity index (χ0v) is 12.1. The van der Waals surface area contributed by atoms with Gasteiger partial charge in [0.15, 0.2) is 17.7 Å². The van der Waals surface area contributed by atoms with Crippen LogP contribution in [0.5, 0.6) is 5.75 Å². The van der Waals surface area contributed by atoms with E-state index in [9.17, 15) is 18.4 Å². The number of methoxy groups -OCH3 is 1. The van der Waals surface area contributed by atoms with Crippen molar-refractivity contribution in [3.63, 3.8) is 0 Å². The van der Waals surface area contributed by atoms with Gasteiger partial charge in [-0.15, -0.1) is 0 Å². The van der Waals surface area contributed by atoms with Crippen molar-refractivity contribution in [1.82, 2.24) is 5.32 Å². The highest BCUT2D eigenvalue weighted by atomic mass is 19.2. The maximum Gasteiger partial charge on any atom is 0.326 e. The fourth-order valence-electron chi connectivity index (χ4n) is 1.59. The Labute approximate surface area is 126 Å². The Hall–Kier alpha value is -2.22. The highest BCUT2D eigenvalue weighted by molar-refractivity contribution is 5.86. The van der Waals surface area contributed by atoms with Crippen molar-refractivity contribution in [2.75, 3.05) is 13.7 Å². The maximum atomic E-state index is 13.0. The molecule has 2 unspecified atom stereocenters. The lowest BCUT2D eigenvalue weighted by molar-refractivity contribution is -0.143. The summed E-state index contributed by atoms with van der Waals surface area (Å²) in [6, 6.07) is 1.72. The zero-order valence-electron chi connectivity index (χ0n) is 12.1. The van der Waals surface area contributed by atoms with E-state index in [1.54, 1.807) is 0 Å². The summed E-state index contributed by atoms with van der Waals surface area (Å²) in [4.78, 5) is 22.9. The second-order valence-corrected chi connectivity index (χ2v) is 4.52. The summed E-state index contributed by atoms with van der Waals surface area (Å²) in [6.45, 7) is 1.53. The summed E-state index contributed by atoms with van der Waals surface area (Å²) < 4.78 is 35.7. The number of carbonyl (C=O) groups excluding carboxylic acids is 1. The highest BCUT2D eigenvalue weighted by Crippen LogP contribution is 2.16. The molecule has 2 N–H and O–H groups in total. The van der Waals surface area contributed by atoms with Crippen molar-refractivity contribution < 1.29 is 33.0 Å². The molecule has 1 amide bonds. The van der Waals surface area contributed by atoms with E-state index in [2.05, 4.69) is 5.32 Å². The van der Waals surface area contributed by atoms with Crippen molar-refractivity contribution in [2.24, 2.45) is 0 Å². The zero-order chi connectivity index (χ0) is 16.7.